The molecule has 0 atom stereocenters. The molecular weight excluding hydrogens is 190 g/mol. The van der Waals surface area contributed by atoms with E-state index < -0.39 is 0 Å². The van der Waals surface area contributed by atoms with E-state index >= 15 is 0 Å². The number of anilines is 1. The van der Waals surface area contributed by atoms with Crippen LogP contribution in [-0.2, 0) is 4.74 Å². The quantitative estimate of drug-likeness (QED) is 0.772. The normalized spacial score (nSPS) is 17.6. The third-order valence-electron chi connectivity index (χ3n) is 2.73. The molecule has 0 amide bonds. The number of hydrogen-bond donors (Lipinski definition) is 1. The summed E-state index contributed by atoms with van der Waals surface area (Å²) >= 11 is 0. The smallest absolute Gasteiger partial charge is 0.142 e. The molecule has 3 nitrogen and oxygen atoms in total. The molecule has 1 saturated heterocycles. The summed E-state index contributed by atoms with van der Waals surface area (Å²) in [6, 6.07) is 7.63. The van der Waals surface area contributed by atoms with Crippen molar-refractivity contribution in [3.05, 3.63) is 24.3 Å². The van der Waals surface area contributed by atoms with E-state index in [9.17, 15) is 0 Å². The van der Waals surface area contributed by atoms with Crippen LogP contribution in [0.5, 0.6) is 5.75 Å². The molecule has 1 fully saturated rings. The molecule has 1 heterocycles. The first-order valence-electron chi connectivity index (χ1n) is 5.41. The van der Waals surface area contributed by atoms with Crippen LogP contribution in [0.3, 0.4) is 0 Å². The van der Waals surface area contributed by atoms with Crippen molar-refractivity contribution in [2.24, 2.45) is 5.92 Å². The zero-order valence-electron chi connectivity index (χ0n) is 8.82. The van der Waals surface area contributed by atoms with Crippen molar-refractivity contribution < 1.29 is 9.47 Å². The van der Waals surface area contributed by atoms with Crippen molar-refractivity contribution in [3.8, 4) is 5.75 Å². The Hall–Kier alpha value is -1.22. The SMILES string of the molecule is Nc1ccccc1OCC1CCOCC1. The maximum atomic E-state index is 5.79. The van der Waals surface area contributed by atoms with Gasteiger partial charge in [-0.05, 0) is 30.9 Å². The second-order valence-corrected chi connectivity index (χ2v) is 3.90. The number of para-hydroxylation sites is 2. The van der Waals surface area contributed by atoms with E-state index in [-0.39, 0.29) is 0 Å². The van der Waals surface area contributed by atoms with Gasteiger partial charge >= 0.3 is 0 Å². The van der Waals surface area contributed by atoms with E-state index in [4.69, 9.17) is 15.2 Å². The molecule has 0 saturated carbocycles. The molecule has 0 bridgehead atoms. The summed E-state index contributed by atoms with van der Waals surface area (Å²) in [5.74, 6) is 1.40. The number of rotatable bonds is 3. The van der Waals surface area contributed by atoms with E-state index in [1.807, 2.05) is 24.3 Å². The lowest BCUT2D eigenvalue weighted by atomic mass is 10.0. The average molecular weight is 207 g/mol. The highest BCUT2D eigenvalue weighted by Gasteiger charge is 2.14. The Kier molecular flexibility index (Phi) is 3.45. The van der Waals surface area contributed by atoms with Gasteiger partial charge in [-0.2, -0.15) is 0 Å². The number of nitrogen functional groups attached to an aromatic ring is 1. The lowest BCUT2D eigenvalue weighted by Crippen LogP contribution is -2.21. The van der Waals surface area contributed by atoms with Crippen molar-refractivity contribution in [2.45, 2.75) is 12.8 Å². The van der Waals surface area contributed by atoms with Gasteiger partial charge < -0.3 is 15.2 Å². The average Bonchev–Trinajstić information content (AvgIpc) is 2.29. The Labute approximate surface area is 90.2 Å². The van der Waals surface area contributed by atoms with Crippen LogP contribution >= 0.6 is 0 Å². The molecule has 82 valence electrons. The molecule has 15 heavy (non-hydrogen) atoms. The van der Waals surface area contributed by atoms with Crippen LogP contribution in [0.2, 0.25) is 0 Å². The fraction of sp³-hybridized carbons (Fsp3) is 0.500. The highest BCUT2D eigenvalue weighted by molar-refractivity contribution is 5.51. The molecule has 1 aliphatic rings. The number of ether oxygens (including phenoxy) is 2. The largest absolute Gasteiger partial charge is 0.491 e. The summed E-state index contributed by atoms with van der Waals surface area (Å²) < 4.78 is 11.0. The van der Waals surface area contributed by atoms with Crippen LogP contribution in [0.15, 0.2) is 24.3 Å². The topological polar surface area (TPSA) is 44.5 Å². The van der Waals surface area contributed by atoms with Gasteiger partial charge in [-0.1, -0.05) is 12.1 Å². The van der Waals surface area contributed by atoms with E-state index in [2.05, 4.69) is 0 Å². The monoisotopic (exact) mass is 207 g/mol. The predicted octanol–water partition coefficient (Wildman–Crippen LogP) is 2.07. The zero-order valence-corrected chi connectivity index (χ0v) is 8.82. The molecule has 3 heteroatoms. The van der Waals surface area contributed by atoms with Gasteiger partial charge in [0.15, 0.2) is 0 Å². The summed E-state index contributed by atoms with van der Waals surface area (Å²) in [6.07, 6.45) is 2.18. The van der Waals surface area contributed by atoms with Crippen molar-refractivity contribution in [3.63, 3.8) is 0 Å². The molecule has 0 radical (unpaired) electrons. The predicted molar refractivity (Wildman–Crippen MR) is 59.9 cm³/mol. The summed E-state index contributed by atoms with van der Waals surface area (Å²) in [5, 5.41) is 0. The highest BCUT2D eigenvalue weighted by atomic mass is 16.5. The summed E-state index contributed by atoms with van der Waals surface area (Å²) in [7, 11) is 0. The van der Waals surface area contributed by atoms with Gasteiger partial charge in [0, 0.05) is 13.2 Å². The molecule has 1 aliphatic heterocycles. The lowest BCUT2D eigenvalue weighted by molar-refractivity contribution is 0.0499. The number of nitrogens with two attached hydrogens (primary N) is 1. The van der Waals surface area contributed by atoms with Gasteiger partial charge in [0.1, 0.15) is 5.75 Å². The summed E-state index contributed by atoms with van der Waals surface area (Å²) in [4.78, 5) is 0. The van der Waals surface area contributed by atoms with Crippen LogP contribution in [0.1, 0.15) is 12.8 Å². The van der Waals surface area contributed by atoms with Crippen LogP contribution in [-0.4, -0.2) is 19.8 Å². The first kappa shape index (κ1) is 10.3. The minimum Gasteiger partial charge on any atom is -0.491 e. The van der Waals surface area contributed by atoms with Gasteiger partial charge in [0.2, 0.25) is 0 Å². The maximum Gasteiger partial charge on any atom is 0.142 e. The molecule has 0 spiro atoms. The summed E-state index contributed by atoms with van der Waals surface area (Å²) in [5.41, 5.74) is 6.50. The van der Waals surface area contributed by atoms with E-state index in [0.717, 1.165) is 38.4 Å². The fourth-order valence-electron chi connectivity index (χ4n) is 1.73. The van der Waals surface area contributed by atoms with Gasteiger partial charge in [-0.25, -0.2) is 0 Å². The summed E-state index contributed by atoms with van der Waals surface area (Å²) in [6.45, 7) is 2.47. The lowest BCUT2D eigenvalue weighted by Gasteiger charge is -2.22. The minimum absolute atomic E-state index is 0.610. The van der Waals surface area contributed by atoms with Crippen molar-refractivity contribution >= 4 is 5.69 Å². The Balaban J connectivity index is 1.84. The second-order valence-electron chi connectivity index (χ2n) is 3.90. The third-order valence-corrected chi connectivity index (χ3v) is 2.73. The maximum absolute atomic E-state index is 5.79. The minimum atomic E-state index is 0.610. The molecule has 2 N–H and O–H groups in total. The third kappa shape index (κ3) is 2.86. The standard InChI is InChI=1S/C12H17NO2/c13-11-3-1-2-4-12(11)15-9-10-5-7-14-8-6-10/h1-4,10H,5-9,13H2. The molecule has 0 unspecified atom stereocenters. The Morgan fingerprint density at radius 3 is 2.73 bits per heavy atom. The van der Waals surface area contributed by atoms with E-state index in [1.165, 1.54) is 0 Å². The number of hydrogen-bond acceptors (Lipinski definition) is 3. The molecule has 2 rings (SSSR count). The van der Waals surface area contributed by atoms with Crippen LogP contribution in [0, 0.1) is 5.92 Å². The molecule has 1 aromatic rings. The van der Waals surface area contributed by atoms with Crippen LogP contribution < -0.4 is 10.5 Å². The molecule has 0 aromatic heterocycles. The van der Waals surface area contributed by atoms with Crippen LogP contribution in [0.25, 0.3) is 0 Å². The molecular formula is C12H17NO2. The van der Waals surface area contributed by atoms with Gasteiger partial charge in [0.25, 0.3) is 0 Å². The first-order chi connectivity index (χ1) is 7.36. The molecule has 0 aliphatic carbocycles. The Morgan fingerprint density at radius 2 is 2.00 bits per heavy atom. The van der Waals surface area contributed by atoms with Gasteiger partial charge in [-0.3, -0.25) is 0 Å². The van der Waals surface area contributed by atoms with Crippen molar-refractivity contribution in [1.82, 2.24) is 0 Å². The fourth-order valence-corrected chi connectivity index (χ4v) is 1.73. The van der Waals surface area contributed by atoms with Gasteiger partial charge in [-0.15, -0.1) is 0 Å². The van der Waals surface area contributed by atoms with Gasteiger partial charge in [0.05, 0.1) is 12.3 Å². The molecule has 1 aromatic carbocycles. The van der Waals surface area contributed by atoms with E-state index in [1.54, 1.807) is 0 Å². The van der Waals surface area contributed by atoms with Crippen molar-refractivity contribution in [1.29, 1.82) is 0 Å². The Bertz CT molecular complexity index is 308. The number of benzene rings is 1. The highest BCUT2D eigenvalue weighted by Crippen LogP contribution is 2.22. The van der Waals surface area contributed by atoms with Crippen molar-refractivity contribution in [2.75, 3.05) is 25.6 Å². The zero-order chi connectivity index (χ0) is 10.5. The van der Waals surface area contributed by atoms with E-state index in [0.29, 0.717) is 11.6 Å². The Morgan fingerprint density at radius 1 is 1.27 bits per heavy atom. The first-order valence-corrected chi connectivity index (χ1v) is 5.41. The second kappa shape index (κ2) is 5.03. The van der Waals surface area contributed by atoms with Crippen LogP contribution in [0.4, 0.5) is 5.69 Å².